The van der Waals surface area contributed by atoms with E-state index in [0.29, 0.717) is 0 Å². The number of benzene rings is 1. The van der Waals surface area contributed by atoms with Crippen LogP contribution >= 0.6 is 0 Å². The first kappa shape index (κ1) is 15.9. The summed E-state index contributed by atoms with van der Waals surface area (Å²) in [5, 5.41) is 20.0. The Morgan fingerprint density at radius 1 is 1.40 bits per heavy atom. The van der Waals surface area contributed by atoms with Gasteiger partial charge < -0.3 is 20.4 Å². The Balaban J connectivity index is 2.87. The maximum absolute atomic E-state index is 13.7. The maximum Gasteiger partial charge on any atom is 0.335 e. The molecule has 2 amide bonds. The summed E-state index contributed by atoms with van der Waals surface area (Å²) in [6.45, 7) is 3.45. The Labute approximate surface area is 115 Å². The standard InChI is InChI=1S/C13H17FN2O4/c1-8(2)16(5-6-17)13(20)15-11-4-3-9(12(18)19)7-10(11)14/h3-4,7-8,17H,5-6H2,1-2H3,(H,15,20)(H,18,19). The number of rotatable bonds is 5. The molecule has 0 atom stereocenters. The minimum absolute atomic E-state index is 0.108. The molecular formula is C13H17FN2O4. The van der Waals surface area contributed by atoms with E-state index in [4.69, 9.17) is 10.2 Å². The number of aliphatic hydroxyl groups is 1. The molecule has 0 aliphatic carbocycles. The average Bonchev–Trinajstić information content (AvgIpc) is 2.37. The number of hydrogen-bond donors (Lipinski definition) is 3. The van der Waals surface area contributed by atoms with Crippen molar-refractivity contribution in [2.24, 2.45) is 0 Å². The Hall–Kier alpha value is -2.15. The number of aromatic carboxylic acids is 1. The van der Waals surface area contributed by atoms with Crippen molar-refractivity contribution in [3.63, 3.8) is 0 Å². The number of carbonyl (C=O) groups excluding carboxylic acids is 1. The van der Waals surface area contributed by atoms with Gasteiger partial charge in [0.2, 0.25) is 0 Å². The highest BCUT2D eigenvalue weighted by molar-refractivity contribution is 5.92. The summed E-state index contributed by atoms with van der Waals surface area (Å²) in [6.07, 6.45) is 0. The zero-order valence-electron chi connectivity index (χ0n) is 11.3. The number of nitrogens with zero attached hydrogens (tertiary/aromatic N) is 1. The van der Waals surface area contributed by atoms with Crippen LogP contribution in [-0.2, 0) is 0 Å². The smallest absolute Gasteiger partial charge is 0.335 e. The molecule has 6 nitrogen and oxygen atoms in total. The average molecular weight is 284 g/mol. The predicted molar refractivity (Wildman–Crippen MR) is 71.3 cm³/mol. The fraction of sp³-hybridized carbons (Fsp3) is 0.385. The molecule has 0 fully saturated rings. The molecule has 0 radical (unpaired) electrons. The molecular weight excluding hydrogens is 267 g/mol. The zero-order valence-corrected chi connectivity index (χ0v) is 11.3. The van der Waals surface area contributed by atoms with Crippen LogP contribution < -0.4 is 5.32 Å². The molecule has 0 saturated heterocycles. The normalized spacial score (nSPS) is 10.4. The number of nitrogens with one attached hydrogen (secondary N) is 1. The quantitative estimate of drug-likeness (QED) is 0.768. The molecule has 20 heavy (non-hydrogen) atoms. The van der Waals surface area contributed by atoms with Crippen LogP contribution in [0.2, 0.25) is 0 Å². The Bertz CT molecular complexity index is 505. The topological polar surface area (TPSA) is 89.9 Å². The summed E-state index contributed by atoms with van der Waals surface area (Å²) in [5.74, 6) is -2.07. The van der Waals surface area contributed by atoms with Crippen molar-refractivity contribution in [1.29, 1.82) is 0 Å². The van der Waals surface area contributed by atoms with Crippen molar-refractivity contribution in [1.82, 2.24) is 4.90 Å². The highest BCUT2D eigenvalue weighted by Crippen LogP contribution is 2.17. The van der Waals surface area contributed by atoms with Crippen LogP contribution in [0.15, 0.2) is 18.2 Å². The van der Waals surface area contributed by atoms with Crippen molar-refractivity contribution in [2.45, 2.75) is 19.9 Å². The van der Waals surface area contributed by atoms with E-state index < -0.39 is 17.8 Å². The summed E-state index contributed by atoms with van der Waals surface area (Å²) >= 11 is 0. The van der Waals surface area contributed by atoms with Crippen LogP contribution in [0.5, 0.6) is 0 Å². The minimum Gasteiger partial charge on any atom is -0.478 e. The lowest BCUT2D eigenvalue weighted by molar-refractivity contribution is 0.0696. The van der Waals surface area contributed by atoms with Gasteiger partial charge in [0.15, 0.2) is 0 Å². The van der Waals surface area contributed by atoms with Gasteiger partial charge in [-0.25, -0.2) is 14.0 Å². The van der Waals surface area contributed by atoms with Crippen molar-refractivity contribution < 1.29 is 24.2 Å². The molecule has 0 unspecified atom stereocenters. The molecule has 0 spiro atoms. The van der Waals surface area contributed by atoms with Crippen molar-refractivity contribution in [2.75, 3.05) is 18.5 Å². The van der Waals surface area contributed by atoms with Crippen LogP contribution in [0.4, 0.5) is 14.9 Å². The van der Waals surface area contributed by atoms with E-state index in [2.05, 4.69) is 5.32 Å². The Morgan fingerprint density at radius 3 is 2.50 bits per heavy atom. The fourth-order valence-corrected chi connectivity index (χ4v) is 1.64. The van der Waals surface area contributed by atoms with Crippen molar-refractivity contribution in [3.05, 3.63) is 29.6 Å². The molecule has 0 bridgehead atoms. The van der Waals surface area contributed by atoms with E-state index in [1.807, 2.05) is 0 Å². The van der Waals surface area contributed by atoms with Gasteiger partial charge in [-0.2, -0.15) is 0 Å². The van der Waals surface area contributed by atoms with Gasteiger partial charge in [-0.1, -0.05) is 0 Å². The van der Waals surface area contributed by atoms with E-state index in [1.54, 1.807) is 13.8 Å². The molecule has 1 aromatic rings. The summed E-state index contributed by atoms with van der Waals surface area (Å²) in [6, 6.07) is 2.50. The zero-order chi connectivity index (χ0) is 15.3. The number of carbonyl (C=O) groups is 2. The third-order valence-electron chi connectivity index (χ3n) is 2.68. The summed E-state index contributed by atoms with van der Waals surface area (Å²) in [7, 11) is 0. The first-order chi connectivity index (χ1) is 9.36. The van der Waals surface area contributed by atoms with Crippen LogP contribution in [0.25, 0.3) is 0 Å². The number of amides is 2. The Kier molecular flexibility index (Phi) is 5.45. The van der Waals surface area contributed by atoms with Crippen LogP contribution in [0.1, 0.15) is 24.2 Å². The van der Waals surface area contributed by atoms with Crippen LogP contribution in [-0.4, -0.2) is 46.3 Å². The van der Waals surface area contributed by atoms with E-state index in [-0.39, 0.29) is 30.4 Å². The van der Waals surface area contributed by atoms with Gasteiger partial charge >= 0.3 is 12.0 Å². The second-order valence-electron chi connectivity index (χ2n) is 4.44. The lowest BCUT2D eigenvalue weighted by Gasteiger charge is -2.26. The first-order valence-electron chi connectivity index (χ1n) is 6.08. The van der Waals surface area contributed by atoms with Crippen LogP contribution in [0.3, 0.4) is 0 Å². The SMILES string of the molecule is CC(C)N(CCO)C(=O)Nc1ccc(C(=O)O)cc1F. The molecule has 0 saturated carbocycles. The number of aliphatic hydroxyl groups excluding tert-OH is 1. The van der Waals surface area contributed by atoms with Gasteiger partial charge in [-0.15, -0.1) is 0 Å². The largest absolute Gasteiger partial charge is 0.478 e. The van der Waals surface area contributed by atoms with Gasteiger partial charge in [0, 0.05) is 12.6 Å². The Morgan fingerprint density at radius 2 is 2.05 bits per heavy atom. The monoisotopic (exact) mass is 284 g/mol. The van der Waals surface area contributed by atoms with Crippen molar-refractivity contribution >= 4 is 17.7 Å². The van der Waals surface area contributed by atoms with Gasteiger partial charge in [0.1, 0.15) is 5.82 Å². The highest BCUT2D eigenvalue weighted by atomic mass is 19.1. The van der Waals surface area contributed by atoms with Crippen LogP contribution in [0, 0.1) is 5.82 Å². The molecule has 110 valence electrons. The molecule has 0 aliphatic heterocycles. The second-order valence-corrected chi connectivity index (χ2v) is 4.44. The number of anilines is 1. The predicted octanol–water partition coefficient (Wildman–Crippen LogP) is 1.76. The maximum atomic E-state index is 13.7. The number of halogens is 1. The highest BCUT2D eigenvalue weighted by Gasteiger charge is 2.18. The number of carboxylic acid groups (broad SMARTS) is 1. The fourth-order valence-electron chi connectivity index (χ4n) is 1.64. The number of carboxylic acids is 1. The van der Waals surface area contributed by atoms with Gasteiger partial charge in [-0.05, 0) is 32.0 Å². The lowest BCUT2D eigenvalue weighted by atomic mass is 10.2. The molecule has 0 aliphatic rings. The third-order valence-corrected chi connectivity index (χ3v) is 2.68. The summed E-state index contributed by atoms with van der Waals surface area (Å²) in [4.78, 5) is 24.0. The summed E-state index contributed by atoms with van der Waals surface area (Å²) in [5.41, 5.74) is -0.305. The van der Waals surface area contributed by atoms with Gasteiger partial charge in [-0.3, -0.25) is 0 Å². The van der Waals surface area contributed by atoms with E-state index in [9.17, 15) is 14.0 Å². The summed E-state index contributed by atoms with van der Waals surface area (Å²) < 4.78 is 13.7. The van der Waals surface area contributed by atoms with E-state index in [1.165, 1.54) is 17.0 Å². The molecule has 1 aromatic carbocycles. The van der Waals surface area contributed by atoms with Crippen molar-refractivity contribution in [3.8, 4) is 0 Å². The minimum atomic E-state index is -1.24. The molecule has 7 heteroatoms. The van der Waals surface area contributed by atoms with E-state index in [0.717, 1.165) is 6.07 Å². The number of hydrogen-bond acceptors (Lipinski definition) is 3. The molecule has 3 N–H and O–H groups in total. The lowest BCUT2D eigenvalue weighted by Crippen LogP contribution is -2.41. The molecule has 1 rings (SSSR count). The third kappa shape index (κ3) is 3.92. The second kappa shape index (κ2) is 6.85. The van der Waals surface area contributed by atoms with Gasteiger partial charge in [0.25, 0.3) is 0 Å². The first-order valence-corrected chi connectivity index (χ1v) is 6.08. The number of urea groups is 1. The molecule has 0 heterocycles. The molecule has 0 aromatic heterocycles. The van der Waals surface area contributed by atoms with E-state index >= 15 is 0 Å². The van der Waals surface area contributed by atoms with Gasteiger partial charge in [0.05, 0.1) is 17.9 Å².